The molecule has 1 saturated carbocycles. The first-order valence-corrected chi connectivity index (χ1v) is 6.09. The van der Waals surface area contributed by atoms with Crippen LogP contribution in [-0.2, 0) is 10.9 Å². The van der Waals surface area contributed by atoms with E-state index in [4.69, 9.17) is 0 Å². The van der Waals surface area contributed by atoms with Crippen LogP contribution >= 0.6 is 0 Å². The Hall–Kier alpha value is -2.05. The highest BCUT2D eigenvalue weighted by molar-refractivity contribution is 5.88. The van der Waals surface area contributed by atoms with Gasteiger partial charge >= 0.3 is 12.1 Å². The molecule has 0 aromatic carbocycles. The quantitative estimate of drug-likeness (QED) is 0.796. The number of methoxy groups -OCH3 is 1. The topological polar surface area (TPSA) is 43.6 Å². The highest BCUT2D eigenvalue weighted by atomic mass is 19.4. The molecule has 3 rings (SSSR count). The minimum absolute atomic E-state index is 0.133. The van der Waals surface area contributed by atoms with E-state index in [0.29, 0.717) is 5.56 Å². The Morgan fingerprint density at radius 1 is 1.35 bits per heavy atom. The Balaban J connectivity index is 2.22. The highest BCUT2D eigenvalue weighted by Gasteiger charge is 2.36. The van der Waals surface area contributed by atoms with E-state index in [-0.39, 0.29) is 17.1 Å². The predicted molar refractivity (Wildman–Crippen MR) is 63.5 cm³/mol. The van der Waals surface area contributed by atoms with Gasteiger partial charge in [-0.3, -0.25) is 0 Å². The molecule has 4 nitrogen and oxygen atoms in total. The third-order valence-electron chi connectivity index (χ3n) is 3.32. The lowest BCUT2D eigenvalue weighted by molar-refractivity contribution is -0.142. The molecule has 1 aliphatic rings. The second kappa shape index (κ2) is 4.22. The first kappa shape index (κ1) is 13.0. The van der Waals surface area contributed by atoms with E-state index in [1.807, 2.05) is 0 Å². The minimum Gasteiger partial charge on any atom is -0.464 e. The largest absolute Gasteiger partial charge is 0.464 e. The first-order chi connectivity index (χ1) is 9.40. The Morgan fingerprint density at radius 2 is 2.05 bits per heavy atom. The van der Waals surface area contributed by atoms with Gasteiger partial charge in [0.05, 0.1) is 12.6 Å². The zero-order valence-corrected chi connectivity index (χ0v) is 10.6. The lowest BCUT2D eigenvalue weighted by Gasteiger charge is -2.11. The number of alkyl halides is 3. The molecule has 7 heteroatoms. The van der Waals surface area contributed by atoms with Crippen molar-refractivity contribution in [2.45, 2.75) is 24.9 Å². The van der Waals surface area contributed by atoms with Crippen LogP contribution in [0.4, 0.5) is 13.2 Å². The normalized spacial score (nSPS) is 15.6. The number of pyridine rings is 1. The van der Waals surface area contributed by atoms with Crippen molar-refractivity contribution in [2.75, 3.05) is 7.11 Å². The van der Waals surface area contributed by atoms with Gasteiger partial charge in [0.2, 0.25) is 0 Å². The van der Waals surface area contributed by atoms with Gasteiger partial charge in [0.15, 0.2) is 5.69 Å². The van der Waals surface area contributed by atoms with Crippen molar-refractivity contribution in [3.05, 3.63) is 35.2 Å². The number of fused-ring (bicyclic) bond motifs is 1. The van der Waals surface area contributed by atoms with Crippen molar-refractivity contribution >= 4 is 11.5 Å². The summed E-state index contributed by atoms with van der Waals surface area (Å²) in [7, 11) is 1.16. The van der Waals surface area contributed by atoms with Gasteiger partial charge < -0.3 is 4.74 Å². The van der Waals surface area contributed by atoms with Crippen LogP contribution in [-0.4, -0.2) is 22.7 Å². The number of ether oxygens (including phenoxy) is 1. The summed E-state index contributed by atoms with van der Waals surface area (Å²) in [5.41, 5.74) is -0.110. The first-order valence-electron chi connectivity index (χ1n) is 6.09. The number of hydrogen-bond donors (Lipinski definition) is 0. The number of halogens is 3. The van der Waals surface area contributed by atoms with E-state index in [1.165, 1.54) is 6.07 Å². The predicted octanol–water partition coefficient (Wildman–Crippen LogP) is 3.02. The van der Waals surface area contributed by atoms with Gasteiger partial charge in [-0.25, -0.2) is 9.31 Å². The van der Waals surface area contributed by atoms with Crippen LogP contribution in [0, 0.1) is 0 Å². The molecule has 0 aliphatic heterocycles. The fraction of sp³-hybridized carbons (Fsp3) is 0.385. The molecule has 2 aromatic heterocycles. The van der Waals surface area contributed by atoms with Crippen molar-refractivity contribution in [2.24, 2.45) is 0 Å². The summed E-state index contributed by atoms with van der Waals surface area (Å²) < 4.78 is 44.5. The molecule has 0 N–H and O–H groups in total. The summed E-state index contributed by atoms with van der Waals surface area (Å²) in [5.74, 6) is -0.577. The molecule has 0 bridgehead atoms. The van der Waals surface area contributed by atoms with Crippen molar-refractivity contribution in [3.8, 4) is 0 Å². The molecule has 2 heterocycles. The van der Waals surface area contributed by atoms with E-state index < -0.39 is 17.8 Å². The van der Waals surface area contributed by atoms with Crippen LogP contribution in [0.15, 0.2) is 18.2 Å². The van der Waals surface area contributed by atoms with Gasteiger partial charge in [-0.15, -0.1) is 0 Å². The summed E-state index contributed by atoms with van der Waals surface area (Å²) >= 11 is 0. The van der Waals surface area contributed by atoms with Crippen LogP contribution in [0.3, 0.4) is 0 Å². The average molecular weight is 284 g/mol. The third kappa shape index (κ3) is 2.13. The summed E-state index contributed by atoms with van der Waals surface area (Å²) in [6.07, 6.45) is -2.74. The molecule has 2 aromatic rings. The molecule has 0 unspecified atom stereocenters. The lowest BCUT2D eigenvalue weighted by atomic mass is 10.1. The SMILES string of the molecule is COC(=O)c1cc2cc(C3CC3)cc(C(F)(F)F)n2n1. The Kier molecular flexibility index (Phi) is 2.74. The summed E-state index contributed by atoms with van der Waals surface area (Å²) in [4.78, 5) is 11.4. The zero-order chi connectivity index (χ0) is 14.5. The second-order valence-electron chi connectivity index (χ2n) is 4.80. The summed E-state index contributed by atoms with van der Waals surface area (Å²) in [6.45, 7) is 0. The van der Waals surface area contributed by atoms with Crippen LogP contribution < -0.4 is 0 Å². The molecule has 0 atom stereocenters. The van der Waals surface area contributed by atoms with E-state index in [2.05, 4.69) is 9.84 Å². The van der Waals surface area contributed by atoms with E-state index >= 15 is 0 Å². The number of esters is 1. The van der Waals surface area contributed by atoms with Crippen molar-refractivity contribution in [1.29, 1.82) is 0 Å². The monoisotopic (exact) mass is 284 g/mol. The standard InChI is InChI=1S/C13H11F3N2O2/c1-20-12(19)10-6-9-4-8(7-2-3-7)5-11(13(14,15)16)18(9)17-10/h4-7H,2-3H2,1H3. The fourth-order valence-corrected chi connectivity index (χ4v) is 2.18. The average Bonchev–Trinajstić information content (AvgIpc) is 3.14. The molecule has 1 aliphatic carbocycles. The van der Waals surface area contributed by atoms with Gasteiger partial charge in [0.25, 0.3) is 0 Å². The number of aromatic nitrogens is 2. The van der Waals surface area contributed by atoms with E-state index in [0.717, 1.165) is 30.5 Å². The molecule has 0 amide bonds. The number of rotatable bonds is 2. The van der Waals surface area contributed by atoms with E-state index in [9.17, 15) is 18.0 Å². The maximum atomic E-state index is 13.1. The highest BCUT2D eigenvalue weighted by Crippen LogP contribution is 2.42. The maximum Gasteiger partial charge on any atom is 0.433 e. The Labute approximate surface area is 112 Å². The molecule has 0 saturated heterocycles. The second-order valence-corrected chi connectivity index (χ2v) is 4.80. The molecule has 20 heavy (non-hydrogen) atoms. The number of nitrogens with zero attached hydrogens (tertiary/aromatic N) is 2. The molecule has 106 valence electrons. The van der Waals surface area contributed by atoms with Crippen molar-refractivity contribution in [3.63, 3.8) is 0 Å². The smallest absolute Gasteiger partial charge is 0.433 e. The number of carbonyl (C=O) groups is 1. The van der Waals surface area contributed by atoms with Crippen molar-refractivity contribution in [1.82, 2.24) is 9.61 Å². The number of hydrogen-bond acceptors (Lipinski definition) is 3. The van der Waals surface area contributed by atoms with Gasteiger partial charge in [0.1, 0.15) is 5.69 Å². The lowest BCUT2D eigenvalue weighted by Crippen LogP contribution is -2.13. The maximum absolute atomic E-state index is 13.1. The fourth-order valence-electron chi connectivity index (χ4n) is 2.18. The third-order valence-corrected chi connectivity index (χ3v) is 3.32. The number of carbonyl (C=O) groups excluding carboxylic acids is 1. The van der Waals surface area contributed by atoms with Crippen LogP contribution in [0.2, 0.25) is 0 Å². The molecular formula is C13H11F3N2O2. The molecule has 0 spiro atoms. The van der Waals surface area contributed by atoms with Crippen molar-refractivity contribution < 1.29 is 22.7 Å². The molecule has 1 fully saturated rings. The van der Waals surface area contributed by atoms with Crippen LogP contribution in [0.1, 0.15) is 40.5 Å². The Bertz CT molecular complexity index is 687. The minimum atomic E-state index is -4.53. The zero-order valence-electron chi connectivity index (χ0n) is 10.6. The van der Waals surface area contributed by atoms with E-state index in [1.54, 1.807) is 6.07 Å². The van der Waals surface area contributed by atoms with Gasteiger partial charge in [-0.05, 0) is 42.5 Å². The van der Waals surface area contributed by atoms with Crippen LogP contribution in [0.25, 0.3) is 5.52 Å². The van der Waals surface area contributed by atoms with Gasteiger partial charge in [-0.1, -0.05) is 0 Å². The molecular weight excluding hydrogens is 273 g/mol. The van der Waals surface area contributed by atoms with Gasteiger partial charge in [0, 0.05) is 0 Å². The van der Waals surface area contributed by atoms with Gasteiger partial charge in [-0.2, -0.15) is 18.3 Å². The summed E-state index contributed by atoms with van der Waals surface area (Å²) in [5, 5.41) is 3.69. The van der Waals surface area contributed by atoms with Crippen LogP contribution in [0.5, 0.6) is 0 Å². The molecule has 0 radical (unpaired) electrons. The Morgan fingerprint density at radius 3 is 2.60 bits per heavy atom. The summed E-state index contributed by atoms with van der Waals surface area (Å²) in [6, 6.07) is 4.07.